The molecule has 20 heavy (non-hydrogen) atoms. The van der Waals surface area contributed by atoms with Crippen molar-refractivity contribution in [1.82, 2.24) is 5.32 Å². The van der Waals surface area contributed by atoms with Crippen molar-refractivity contribution in [2.45, 2.75) is 39.9 Å². The fourth-order valence-electron chi connectivity index (χ4n) is 2.32. The molecule has 0 saturated carbocycles. The third-order valence-corrected chi connectivity index (χ3v) is 4.26. The van der Waals surface area contributed by atoms with E-state index in [9.17, 15) is 0 Å². The molecule has 3 heteroatoms. The van der Waals surface area contributed by atoms with Gasteiger partial charge in [0.05, 0.1) is 6.54 Å². The van der Waals surface area contributed by atoms with Crippen molar-refractivity contribution in [2.75, 3.05) is 11.4 Å². The summed E-state index contributed by atoms with van der Waals surface area (Å²) in [6.45, 7) is 9.59. The Labute approximate surface area is 126 Å². The van der Waals surface area contributed by atoms with Gasteiger partial charge in [0, 0.05) is 23.2 Å². The predicted molar refractivity (Wildman–Crippen MR) is 89.5 cm³/mol. The summed E-state index contributed by atoms with van der Waals surface area (Å²) in [5.74, 6) is 0. The van der Waals surface area contributed by atoms with E-state index in [0.717, 1.165) is 19.6 Å². The first-order valence-corrected chi connectivity index (χ1v) is 8.18. The highest BCUT2D eigenvalue weighted by molar-refractivity contribution is 7.09. The van der Waals surface area contributed by atoms with Crippen LogP contribution >= 0.6 is 11.3 Å². The van der Waals surface area contributed by atoms with E-state index < -0.39 is 0 Å². The van der Waals surface area contributed by atoms with Crippen molar-refractivity contribution in [3.05, 3.63) is 52.2 Å². The van der Waals surface area contributed by atoms with E-state index in [2.05, 4.69) is 72.8 Å². The topological polar surface area (TPSA) is 15.3 Å². The standard InChI is InChI=1S/C17H24N2S/c1-4-18-12-15-8-5-6-10-17(15)19(14(2)3)13-16-9-7-11-20-16/h5-11,14,18H,4,12-13H2,1-3H3. The van der Waals surface area contributed by atoms with Gasteiger partial charge in [0.2, 0.25) is 0 Å². The molecule has 1 aromatic heterocycles. The Morgan fingerprint density at radius 2 is 1.95 bits per heavy atom. The van der Waals surface area contributed by atoms with Gasteiger partial charge in [-0.1, -0.05) is 31.2 Å². The summed E-state index contributed by atoms with van der Waals surface area (Å²) >= 11 is 1.83. The number of hydrogen-bond donors (Lipinski definition) is 1. The van der Waals surface area contributed by atoms with Gasteiger partial charge >= 0.3 is 0 Å². The average molecular weight is 288 g/mol. The van der Waals surface area contributed by atoms with E-state index in [4.69, 9.17) is 0 Å². The summed E-state index contributed by atoms with van der Waals surface area (Å²) in [5.41, 5.74) is 2.72. The zero-order valence-electron chi connectivity index (χ0n) is 12.6. The van der Waals surface area contributed by atoms with Crippen LogP contribution in [0.1, 0.15) is 31.2 Å². The fraction of sp³-hybridized carbons (Fsp3) is 0.412. The minimum atomic E-state index is 0.486. The van der Waals surface area contributed by atoms with Crippen LogP contribution in [0.25, 0.3) is 0 Å². The zero-order valence-corrected chi connectivity index (χ0v) is 13.4. The normalized spacial score (nSPS) is 11.0. The highest BCUT2D eigenvalue weighted by atomic mass is 32.1. The smallest absolute Gasteiger partial charge is 0.0525 e. The molecule has 0 radical (unpaired) electrons. The molecule has 0 spiro atoms. The lowest BCUT2D eigenvalue weighted by Gasteiger charge is -2.30. The second-order valence-corrected chi connectivity index (χ2v) is 6.24. The van der Waals surface area contributed by atoms with E-state index in [1.165, 1.54) is 16.1 Å². The predicted octanol–water partition coefficient (Wildman–Crippen LogP) is 4.27. The number of hydrogen-bond acceptors (Lipinski definition) is 3. The molecule has 0 saturated heterocycles. The minimum Gasteiger partial charge on any atom is -0.364 e. The summed E-state index contributed by atoms with van der Waals surface area (Å²) in [7, 11) is 0. The quantitative estimate of drug-likeness (QED) is 0.818. The molecule has 0 aliphatic heterocycles. The van der Waals surface area contributed by atoms with Gasteiger partial charge in [0.25, 0.3) is 0 Å². The van der Waals surface area contributed by atoms with Crippen molar-refractivity contribution >= 4 is 17.0 Å². The summed E-state index contributed by atoms with van der Waals surface area (Å²) in [6, 6.07) is 13.5. The molecule has 108 valence electrons. The van der Waals surface area contributed by atoms with Crippen molar-refractivity contribution in [3.8, 4) is 0 Å². The fourth-order valence-corrected chi connectivity index (χ4v) is 3.02. The molecule has 0 aliphatic rings. The molecule has 2 nitrogen and oxygen atoms in total. The number of benzene rings is 1. The van der Waals surface area contributed by atoms with Crippen molar-refractivity contribution in [2.24, 2.45) is 0 Å². The molecule has 0 amide bonds. The Morgan fingerprint density at radius 1 is 1.15 bits per heavy atom. The highest BCUT2D eigenvalue weighted by Crippen LogP contribution is 2.25. The second kappa shape index (κ2) is 7.46. The molecular weight excluding hydrogens is 264 g/mol. The maximum Gasteiger partial charge on any atom is 0.0525 e. The largest absolute Gasteiger partial charge is 0.364 e. The van der Waals surface area contributed by atoms with Gasteiger partial charge in [-0.3, -0.25) is 0 Å². The number of para-hydroxylation sites is 1. The van der Waals surface area contributed by atoms with Crippen LogP contribution in [-0.2, 0) is 13.1 Å². The van der Waals surface area contributed by atoms with E-state index >= 15 is 0 Å². The second-order valence-electron chi connectivity index (χ2n) is 5.21. The van der Waals surface area contributed by atoms with Crippen molar-refractivity contribution < 1.29 is 0 Å². The van der Waals surface area contributed by atoms with Crippen LogP contribution in [0.4, 0.5) is 5.69 Å². The maximum atomic E-state index is 3.43. The molecule has 0 atom stereocenters. The zero-order chi connectivity index (χ0) is 14.4. The molecule has 0 fully saturated rings. The van der Waals surface area contributed by atoms with Gasteiger partial charge in [-0.2, -0.15) is 0 Å². The number of thiophene rings is 1. The lowest BCUT2D eigenvalue weighted by atomic mass is 10.1. The van der Waals surface area contributed by atoms with Crippen LogP contribution in [0.3, 0.4) is 0 Å². The van der Waals surface area contributed by atoms with Gasteiger partial charge < -0.3 is 10.2 Å². The SMILES string of the molecule is CCNCc1ccccc1N(Cc1cccs1)C(C)C. The molecule has 2 rings (SSSR count). The van der Waals surface area contributed by atoms with E-state index in [-0.39, 0.29) is 0 Å². The monoisotopic (exact) mass is 288 g/mol. The van der Waals surface area contributed by atoms with Gasteiger partial charge in [0.1, 0.15) is 0 Å². The third kappa shape index (κ3) is 3.84. The van der Waals surface area contributed by atoms with E-state index in [0.29, 0.717) is 6.04 Å². The lowest BCUT2D eigenvalue weighted by Crippen LogP contribution is -2.31. The van der Waals surface area contributed by atoms with Gasteiger partial charge in [-0.25, -0.2) is 0 Å². The number of nitrogens with one attached hydrogen (secondary N) is 1. The van der Waals surface area contributed by atoms with Crippen LogP contribution in [0.2, 0.25) is 0 Å². The Hall–Kier alpha value is -1.32. The van der Waals surface area contributed by atoms with Gasteiger partial charge in [-0.05, 0) is 43.5 Å². The van der Waals surface area contributed by atoms with Crippen molar-refractivity contribution in [1.29, 1.82) is 0 Å². The molecule has 0 bridgehead atoms. The summed E-state index contributed by atoms with van der Waals surface area (Å²) in [5, 5.41) is 5.58. The molecule has 0 aliphatic carbocycles. The summed E-state index contributed by atoms with van der Waals surface area (Å²) in [4.78, 5) is 3.90. The summed E-state index contributed by atoms with van der Waals surface area (Å²) < 4.78 is 0. The van der Waals surface area contributed by atoms with Gasteiger partial charge in [0.15, 0.2) is 0 Å². The van der Waals surface area contributed by atoms with Crippen LogP contribution in [-0.4, -0.2) is 12.6 Å². The molecule has 0 unspecified atom stereocenters. The molecule has 1 aromatic carbocycles. The Kier molecular flexibility index (Phi) is 5.62. The van der Waals surface area contributed by atoms with Crippen LogP contribution < -0.4 is 10.2 Å². The Morgan fingerprint density at radius 3 is 2.60 bits per heavy atom. The van der Waals surface area contributed by atoms with Crippen LogP contribution in [0.15, 0.2) is 41.8 Å². The summed E-state index contributed by atoms with van der Waals surface area (Å²) in [6.07, 6.45) is 0. The first-order valence-electron chi connectivity index (χ1n) is 7.30. The molecule has 1 N–H and O–H groups in total. The van der Waals surface area contributed by atoms with Crippen molar-refractivity contribution in [3.63, 3.8) is 0 Å². The van der Waals surface area contributed by atoms with E-state index in [1.54, 1.807) is 0 Å². The third-order valence-electron chi connectivity index (χ3n) is 3.40. The first kappa shape index (κ1) is 15.1. The Balaban J connectivity index is 2.24. The Bertz CT molecular complexity index is 505. The van der Waals surface area contributed by atoms with Gasteiger partial charge in [-0.15, -0.1) is 11.3 Å². The number of rotatable bonds is 7. The maximum absolute atomic E-state index is 3.43. The minimum absolute atomic E-state index is 0.486. The number of anilines is 1. The number of nitrogens with zero attached hydrogens (tertiary/aromatic N) is 1. The molecule has 1 heterocycles. The average Bonchev–Trinajstić information content (AvgIpc) is 2.96. The van der Waals surface area contributed by atoms with E-state index in [1.807, 2.05) is 11.3 Å². The highest BCUT2D eigenvalue weighted by Gasteiger charge is 2.14. The first-order chi connectivity index (χ1) is 9.72. The van der Waals surface area contributed by atoms with Crippen LogP contribution in [0.5, 0.6) is 0 Å². The van der Waals surface area contributed by atoms with Crippen LogP contribution in [0, 0.1) is 0 Å². The molecule has 2 aromatic rings. The lowest BCUT2D eigenvalue weighted by molar-refractivity contribution is 0.671. The molecular formula is C17H24N2S.